The molecule has 1 amide bonds. The van der Waals surface area contributed by atoms with Crippen LogP contribution < -0.4 is 0 Å². The van der Waals surface area contributed by atoms with Crippen LogP contribution in [0.15, 0.2) is 22.5 Å². The van der Waals surface area contributed by atoms with E-state index in [-0.39, 0.29) is 35.8 Å². The number of hydrogen-bond donors (Lipinski definition) is 0. The highest BCUT2D eigenvalue weighted by Gasteiger charge is 2.49. The zero-order valence-electron chi connectivity index (χ0n) is 12.3. The van der Waals surface area contributed by atoms with E-state index < -0.39 is 6.10 Å². The first kappa shape index (κ1) is 14.0. The van der Waals surface area contributed by atoms with Gasteiger partial charge in [-0.2, -0.15) is 0 Å². The Kier molecular flexibility index (Phi) is 3.20. The van der Waals surface area contributed by atoms with Crippen molar-refractivity contribution in [3.8, 4) is 0 Å². The minimum Gasteiger partial charge on any atom is -0.492 e. The maximum Gasteiger partial charge on any atom is 0.226 e. The molecular weight excluding hydrogens is 274 g/mol. The summed E-state index contributed by atoms with van der Waals surface area (Å²) in [5.74, 6) is -0.463. The number of nitrogens with zero attached hydrogens (tertiary/aromatic N) is 1. The number of amides is 1. The molecule has 1 fully saturated rings. The van der Waals surface area contributed by atoms with Crippen molar-refractivity contribution in [2.45, 2.75) is 31.9 Å². The number of rotatable bonds is 2. The van der Waals surface area contributed by atoms with Crippen molar-refractivity contribution >= 4 is 17.5 Å². The molecule has 0 aromatic carbocycles. The topological polar surface area (TPSA) is 72.9 Å². The van der Waals surface area contributed by atoms with E-state index in [0.29, 0.717) is 29.6 Å². The predicted octanol–water partition coefficient (Wildman–Crippen LogP) is 0.375. The third-order valence-electron chi connectivity index (χ3n) is 4.53. The molecular formula is C15H17NO5. The summed E-state index contributed by atoms with van der Waals surface area (Å²) in [6.07, 6.45) is 0.539. The van der Waals surface area contributed by atoms with Crippen molar-refractivity contribution < 1.29 is 23.9 Å². The largest absolute Gasteiger partial charge is 0.492 e. The van der Waals surface area contributed by atoms with Gasteiger partial charge in [-0.25, -0.2) is 0 Å². The normalized spacial score (nSPS) is 29.1. The lowest BCUT2D eigenvalue weighted by Crippen LogP contribution is -2.52. The first-order valence-corrected chi connectivity index (χ1v) is 6.90. The van der Waals surface area contributed by atoms with E-state index in [1.165, 1.54) is 14.2 Å². The Morgan fingerprint density at radius 3 is 2.48 bits per heavy atom. The third kappa shape index (κ3) is 1.78. The molecule has 0 spiro atoms. The second kappa shape index (κ2) is 4.80. The minimum absolute atomic E-state index is 0.000842. The van der Waals surface area contributed by atoms with Crippen LogP contribution in [0.2, 0.25) is 0 Å². The summed E-state index contributed by atoms with van der Waals surface area (Å²) in [5.41, 5.74) is 1.04. The lowest BCUT2D eigenvalue weighted by Gasteiger charge is -2.39. The van der Waals surface area contributed by atoms with E-state index in [9.17, 15) is 14.4 Å². The van der Waals surface area contributed by atoms with Crippen LogP contribution >= 0.6 is 0 Å². The molecule has 2 atom stereocenters. The van der Waals surface area contributed by atoms with Crippen molar-refractivity contribution in [2.24, 2.45) is 0 Å². The van der Waals surface area contributed by atoms with Gasteiger partial charge in [0.25, 0.3) is 0 Å². The molecule has 3 aliphatic rings. The molecule has 3 rings (SSSR count). The van der Waals surface area contributed by atoms with E-state index in [4.69, 9.17) is 9.47 Å². The molecule has 0 saturated carbocycles. The Morgan fingerprint density at radius 1 is 1.14 bits per heavy atom. The van der Waals surface area contributed by atoms with Gasteiger partial charge in [-0.05, 0) is 13.3 Å². The number of allylic oxidation sites excluding steroid dienone is 2. The zero-order chi connectivity index (χ0) is 15.3. The minimum atomic E-state index is -0.537. The number of carbonyl (C=O) groups excluding carboxylic acids is 3. The van der Waals surface area contributed by atoms with Crippen LogP contribution in [0.4, 0.5) is 0 Å². The van der Waals surface area contributed by atoms with Gasteiger partial charge >= 0.3 is 0 Å². The predicted molar refractivity (Wildman–Crippen MR) is 72.3 cm³/mol. The van der Waals surface area contributed by atoms with Crippen LogP contribution in [-0.2, 0) is 23.9 Å². The molecule has 1 aliphatic carbocycles. The maximum absolute atomic E-state index is 12.6. The van der Waals surface area contributed by atoms with Gasteiger partial charge in [0.1, 0.15) is 6.10 Å². The number of ether oxygens (including phenoxy) is 2. The Bertz CT molecular complexity index is 616. The van der Waals surface area contributed by atoms with Gasteiger partial charge < -0.3 is 14.4 Å². The lowest BCUT2D eigenvalue weighted by atomic mass is 9.80. The summed E-state index contributed by atoms with van der Waals surface area (Å²) in [6.45, 7) is 1.76. The fourth-order valence-corrected chi connectivity index (χ4v) is 3.49. The third-order valence-corrected chi connectivity index (χ3v) is 4.53. The molecule has 1 saturated heterocycles. The summed E-state index contributed by atoms with van der Waals surface area (Å²) in [7, 11) is 2.88. The molecule has 112 valence electrons. The van der Waals surface area contributed by atoms with Gasteiger partial charge in [-0.1, -0.05) is 0 Å². The van der Waals surface area contributed by atoms with E-state index >= 15 is 0 Å². The number of methoxy groups -OCH3 is 2. The molecule has 0 N–H and O–H groups in total. The molecule has 6 heteroatoms. The average molecular weight is 291 g/mol. The van der Waals surface area contributed by atoms with Crippen LogP contribution in [-0.4, -0.2) is 55.3 Å². The second-order valence-electron chi connectivity index (χ2n) is 5.49. The van der Waals surface area contributed by atoms with E-state index in [1.54, 1.807) is 11.8 Å². The number of carbonyl (C=O) groups is 3. The molecule has 2 heterocycles. The van der Waals surface area contributed by atoms with Crippen molar-refractivity contribution in [3.05, 3.63) is 22.5 Å². The molecule has 0 radical (unpaired) electrons. The van der Waals surface area contributed by atoms with E-state index in [1.807, 2.05) is 0 Å². The summed E-state index contributed by atoms with van der Waals surface area (Å²) in [5, 5.41) is 0. The highest BCUT2D eigenvalue weighted by molar-refractivity contribution is 6.25. The standard InChI is InChI=1S/C15H17NO5/c1-7-12(18)11-8(13(19)14(7)20-2)6-16-9(15(11)21-3)4-5-10(16)17/h9,15H,4-6H2,1-3H3/t9-,15-/m1/s1. The van der Waals surface area contributed by atoms with Gasteiger partial charge in [0.15, 0.2) is 11.5 Å². The number of Topliss-reactive ketones (excluding diaryl/α,β-unsaturated/α-hetero) is 2. The van der Waals surface area contributed by atoms with E-state index in [2.05, 4.69) is 0 Å². The number of fused-ring (bicyclic) bond motifs is 1. The Morgan fingerprint density at radius 2 is 1.86 bits per heavy atom. The molecule has 21 heavy (non-hydrogen) atoms. The van der Waals surface area contributed by atoms with Gasteiger partial charge in [0, 0.05) is 30.2 Å². The van der Waals surface area contributed by atoms with Gasteiger partial charge in [0.05, 0.1) is 19.7 Å². The van der Waals surface area contributed by atoms with Crippen molar-refractivity contribution in [3.63, 3.8) is 0 Å². The van der Waals surface area contributed by atoms with E-state index in [0.717, 1.165) is 0 Å². The molecule has 2 aliphatic heterocycles. The Hall–Kier alpha value is -1.95. The summed E-state index contributed by atoms with van der Waals surface area (Å²) in [4.78, 5) is 38.7. The fraction of sp³-hybridized carbons (Fsp3) is 0.533. The highest BCUT2D eigenvalue weighted by atomic mass is 16.5. The van der Waals surface area contributed by atoms with Crippen LogP contribution in [0.1, 0.15) is 19.8 Å². The smallest absolute Gasteiger partial charge is 0.226 e. The highest BCUT2D eigenvalue weighted by Crippen LogP contribution is 2.38. The summed E-state index contributed by atoms with van der Waals surface area (Å²) < 4.78 is 10.5. The monoisotopic (exact) mass is 291 g/mol. The zero-order valence-corrected chi connectivity index (χ0v) is 12.3. The van der Waals surface area contributed by atoms with Crippen LogP contribution in [0.25, 0.3) is 0 Å². The second-order valence-corrected chi connectivity index (χ2v) is 5.49. The van der Waals surface area contributed by atoms with Gasteiger partial charge in [-0.3, -0.25) is 14.4 Å². The molecule has 0 bridgehead atoms. The molecule has 0 aromatic rings. The molecule has 6 nitrogen and oxygen atoms in total. The summed E-state index contributed by atoms with van der Waals surface area (Å²) in [6, 6.07) is -0.158. The van der Waals surface area contributed by atoms with Crippen molar-refractivity contribution in [2.75, 3.05) is 20.8 Å². The van der Waals surface area contributed by atoms with Crippen molar-refractivity contribution in [1.82, 2.24) is 4.90 Å². The molecule has 0 unspecified atom stereocenters. The van der Waals surface area contributed by atoms with Gasteiger partial charge in [-0.15, -0.1) is 0 Å². The van der Waals surface area contributed by atoms with Crippen molar-refractivity contribution in [1.29, 1.82) is 0 Å². The number of hydrogen-bond acceptors (Lipinski definition) is 5. The van der Waals surface area contributed by atoms with Gasteiger partial charge in [0.2, 0.25) is 11.7 Å². The van der Waals surface area contributed by atoms with Crippen LogP contribution in [0.3, 0.4) is 0 Å². The summed E-state index contributed by atoms with van der Waals surface area (Å²) >= 11 is 0. The molecule has 0 aromatic heterocycles. The average Bonchev–Trinajstić information content (AvgIpc) is 2.85. The maximum atomic E-state index is 12.6. The number of ketones is 2. The fourth-order valence-electron chi connectivity index (χ4n) is 3.49. The quantitative estimate of drug-likeness (QED) is 0.688. The Labute approximate surface area is 122 Å². The Balaban J connectivity index is 2.12. The lowest BCUT2D eigenvalue weighted by molar-refractivity contribution is -0.132. The SMILES string of the molecule is COC1=C(C)C(=O)C2=C(CN3C(=O)CC[C@@H]3[C@H]2OC)C1=O. The van der Waals surface area contributed by atoms with Crippen LogP contribution in [0, 0.1) is 0 Å². The first-order chi connectivity index (χ1) is 10.0. The first-order valence-electron chi connectivity index (χ1n) is 6.90. The van der Waals surface area contributed by atoms with Crippen LogP contribution in [0.5, 0.6) is 0 Å².